The maximum atomic E-state index is 5.67. The van der Waals surface area contributed by atoms with Crippen LogP contribution in [0.3, 0.4) is 0 Å². The van der Waals surface area contributed by atoms with Crippen molar-refractivity contribution in [1.82, 2.24) is 15.5 Å². The number of hydrogen-bond acceptors (Lipinski definition) is 4. The molecule has 5 nitrogen and oxygen atoms in total. The second kappa shape index (κ2) is 12.0. The van der Waals surface area contributed by atoms with Crippen molar-refractivity contribution in [1.29, 1.82) is 0 Å². The summed E-state index contributed by atoms with van der Waals surface area (Å²) in [5.74, 6) is 2.98. The summed E-state index contributed by atoms with van der Waals surface area (Å²) in [6.45, 7) is 4.03. The fourth-order valence-corrected chi connectivity index (χ4v) is 3.11. The first-order valence-corrected chi connectivity index (χ1v) is 9.45. The molecule has 7 heteroatoms. The monoisotopic (exact) mass is 452 g/mol. The molecule has 2 heterocycles. The van der Waals surface area contributed by atoms with Gasteiger partial charge in [0.15, 0.2) is 5.96 Å². The van der Waals surface area contributed by atoms with Gasteiger partial charge in [0.1, 0.15) is 5.76 Å². The summed E-state index contributed by atoms with van der Waals surface area (Å²) < 4.78 is 5.67. The Bertz CT molecular complexity index is 435. The molecule has 0 amide bonds. The van der Waals surface area contributed by atoms with E-state index in [9.17, 15) is 0 Å². The third kappa shape index (κ3) is 6.93. The Labute approximate surface area is 161 Å². The average Bonchev–Trinajstić information content (AvgIpc) is 3.09. The Morgan fingerprint density at radius 3 is 2.74 bits per heavy atom. The number of thioether (sulfide) groups is 1. The first-order valence-electron chi connectivity index (χ1n) is 8.06. The van der Waals surface area contributed by atoms with Crippen molar-refractivity contribution in [3.05, 3.63) is 24.2 Å². The second-order valence-electron chi connectivity index (χ2n) is 5.50. The minimum absolute atomic E-state index is 0. The van der Waals surface area contributed by atoms with E-state index in [1.807, 2.05) is 24.9 Å². The van der Waals surface area contributed by atoms with Crippen LogP contribution in [0.4, 0.5) is 0 Å². The molecule has 1 aliphatic heterocycles. The second-order valence-corrected chi connectivity index (χ2v) is 6.49. The molecule has 1 aromatic heterocycles. The molecule has 1 aromatic rings. The third-order valence-electron chi connectivity index (χ3n) is 3.99. The molecule has 0 radical (unpaired) electrons. The van der Waals surface area contributed by atoms with Gasteiger partial charge < -0.3 is 15.1 Å². The van der Waals surface area contributed by atoms with E-state index in [0.717, 1.165) is 43.7 Å². The Hall–Kier alpha value is -0.410. The molecule has 0 aromatic carbocycles. The van der Waals surface area contributed by atoms with Gasteiger partial charge in [-0.25, -0.2) is 0 Å². The predicted molar refractivity (Wildman–Crippen MR) is 110 cm³/mol. The summed E-state index contributed by atoms with van der Waals surface area (Å²) in [4.78, 5) is 6.81. The van der Waals surface area contributed by atoms with Crippen LogP contribution in [0.2, 0.25) is 0 Å². The number of likely N-dealkylation sites (tertiary alicyclic amines) is 1. The molecule has 0 spiro atoms. The van der Waals surface area contributed by atoms with Gasteiger partial charge in [0, 0.05) is 25.9 Å². The van der Waals surface area contributed by atoms with E-state index < -0.39 is 0 Å². The molecule has 1 atom stereocenters. The largest absolute Gasteiger partial charge is 0.468 e. The Morgan fingerprint density at radius 1 is 1.35 bits per heavy atom. The molecular formula is C16H29IN4OS. The van der Waals surface area contributed by atoms with Crippen molar-refractivity contribution in [2.75, 3.05) is 45.2 Å². The van der Waals surface area contributed by atoms with Crippen molar-refractivity contribution in [3.8, 4) is 0 Å². The minimum Gasteiger partial charge on any atom is -0.468 e. The Morgan fingerprint density at radius 2 is 2.13 bits per heavy atom. The maximum absolute atomic E-state index is 5.67. The van der Waals surface area contributed by atoms with Gasteiger partial charge in [-0.3, -0.25) is 9.89 Å². The third-order valence-corrected chi connectivity index (χ3v) is 4.60. The van der Waals surface area contributed by atoms with E-state index in [0.29, 0.717) is 0 Å². The number of nitrogens with one attached hydrogen (secondary N) is 2. The summed E-state index contributed by atoms with van der Waals surface area (Å²) in [6, 6.07) is 4.32. The van der Waals surface area contributed by atoms with Crippen molar-refractivity contribution in [2.45, 2.75) is 25.3 Å². The highest BCUT2D eigenvalue weighted by Gasteiger charge is 2.24. The summed E-state index contributed by atoms with van der Waals surface area (Å²) in [7, 11) is 1.82. The van der Waals surface area contributed by atoms with Gasteiger partial charge in [0.05, 0.1) is 12.3 Å². The van der Waals surface area contributed by atoms with Gasteiger partial charge in [-0.05, 0) is 44.3 Å². The predicted octanol–water partition coefficient (Wildman–Crippen LogP) is 2.95. The molecule has 1 aliphatic rings. The zero-order valence-corrected chi connectivity index (χ0v) is 17.2. The van der Waals surface area contributed by atoms with Crippen molar-refractivity contribution < 1.29 is 4.42 Å². The van der Waals surface area contributed by atoms with E-state index in [-0.39, 0.29) is 30.0 Å². The van der Waals surface area contributed by atoms with Crippen LogP contribution in [-0.4, -0.2) is 56.1 Å². The van der Waals surface area contributed by atoms with E-state index in [2.05, 4.69) is 32.8 Å². The number of rotatable bonds is 7. The molecule has 2 N–H and O–H groups in total. The van der Waals surface area contributed by atoms with Crippen molar-refractivity contribution in [3.63, 3.8) is 0 Å². The number of halogens is 1. The number of guanidine groups is 1. The van der Waals surface area contributed by atoms with Crippen LogP contribution in [0.25, 0.3) is 0 Å². The lowest BCUT2D eigenvalue weighted by molar-refractivity contribution is 0.146. The van der Waals surface area contributed by atoms with E-state index in [4.69, 9.17) is 4.42 Å². The molecular weight excluding hydrogens is 423 g/mol. The molecule has 1 saturated heterocycles. The van der Waals surface area contributed by atoms with Crippen LogP contribution >= 0.6 is 35.7 Å². The SMILES string of the molecule is CN=C(NCCSC)NCC(c1ccco1)N1CCCCC1.I. The number of piperidine rings is 1. The van der Waals surface area contributed by atoms with Crippen LogP contribution in [0.15, 0.2) is 27.8 Å². The highest BCUT2D eigenvalue weighted by Crippen LogP contribution is 2.24. The molecule has 1 unspecified atom stereocenters. The minimum atomic E-state index is 0. The summed E-state index contributed by atoms with van der Waals surface area (Å²) in [6.07, 6.45) is 7.77. The summed E-state index contributed by atoms with van der Waals surface area (Å²) in [5.41, 5.74) is 0. The van der Waals surface area contributed by atoms with E-state index in [1.165, 1.54) is 19.3 Å². The lowest BCUT2D eigenvalue weighted by Crippen LogP contribution is -2.44. The number of hydrogen-bond donors (Lipinski definition) is 2. The van der Waals surface area contributed by atoms with Gasteiger partial charge in [-0.1, -0.05) is 6.42 Å². The van der Waals surface area contributed by atoms with Crippen LogP contribution in [0.1, 0.15) is 31.1 Å². The molecule has 0 bridgehead atoms. The lowest BCUT2D eigenvalue weighted by Gasteiger charge is -2.33. The number of nitrogens with zero attached hydrogens (tertiary/aromatic N) is 2. The van der Waals surface area contributed by atoms with Crippen LogP contribution in [0.5, 0.6) is 0 Å². The summed E-state index contributed by atoms with van der Waals surface area (Å²) in [5, 5.41) is 6.78. The van der Waals surface area contributed by atoms with Crippen LogP contribution < -0.4 is 10.6 Å². The lowest BCUT2D eigenvalue weighted by atomic mass is 10.1. The van der Waals surface area contributed by atoms with Crippen LogP contribution in [-0.2, 0) is 0 Å². The maximum Gasteiger partial charge on any atom is 0.191 e. The number of furan rings is 1. The van der Waals surface area contributed by atoms with Gasteiger partial charge in [-0.15, -0.1) is 24.0 Å². The molecule has 0 aliphatic carbocycles. The fourth-order valence-electron chi connectivity index (χ4n) is 2.81. The smallest absolute Gasteiger partial charge is 0.191 e. The van der Waals surface area contributed by atoms with E-state index in [1.54, 1.807) is 6.26 Å². The first kappa shape index (κ1) is 20.6. The normalized spacial score (nSPS) is 17.4. The molecule has 23 heavy (non-hydrogen) atoms. The van der Waals surface area contributed by atoms with Crippen LogP contribution in [0, 0.1) is 0 Å². The van der Waals surface area contributed by atoms with Gasteiger partial charge >= 0.3 is 0 Å². The quantitative estimate of drug-likeness (QED) is 0.289. The molecule has 1 fully saturated rings. The van der Waals surface area contributed by atoms with Gasteiger partial charge in [-0.2, -0.15) is 11.8 Å². The van der Waals surface area contributed by atoms with E-state index >= 15 is 0 Å². The average molecular weight is 452 g/mol. The Balaban J connectivity index is 0.00000264. The molecule has 0 saturated carbocycles. The molecule has 132 valence electrons. The molecule has 2 rings (SSSR count). The number of aliphatic imine (C=N–C) groups is 1. The zero-order chi connectivity index (χ0) is 15.6. The summed E-state index contributed by atoms with van der Waals surface area (Å²) >= 11 is 1.83. The van der Waals surface area contributed by atoms with Crippen molar-refractivity contribution >= 4 is 41.7 Å². The van der Waals surface area contributed by atoms with Gasteiger partial charge in [0.25, 0.3) is 0 Å². The highest BCUT2D eigenvalue weighted by atomic mass is 127. The Kier molecular flexibility index (Phi) is 10.8. The highest BCUT2D eigenvalue weighted by molar-refractivity contribution is 14.0. The fraction of sp³-hybridized carbons (Fsp3) is 0.688. The standard InChI is InChI=1S/C16H28N4OS.HI/c1-17-16(18-8-12-22-2)19-13-14(15-7-6-11-21-15)20-9-4-3-5-10-20;/h6-7,11,14H,3-5,8-10,12-13H2,1-2H3,(H2,17,18,19);1H. The topological polar surface area (TPSA) is 52.8 Å². The first-order chi connectivity index (χ1) is 10.8. The van der Waals surface area contributed by atoms with Gasteiger partial charge in [0.2, 0.25) is 0 Å². The van der Waals surface area contributed by atoms with Crippen molar-refractivity contribution in [2.24, 2.45) is 4.99 Å². The zero-order valence-electron chi connectivity index (χ0n) is 14.1.